The van der Waals surface area contributed by atoms with Crippen molar-refractivity contribution in [3.8, 4) is 0 Å². The molecule has 0 aliphatic rings. The van der Waals surface area contributed by atoms with Crippen LogP contribution >= 0.6 is 11.5 Å². The second-order valence-electron chi connectivity index (χ2n) is 2.09. The van der Waals surface area contributed by atoms with E-state index in [4.69, 9.17) is 5.73 Å². The Kier molecular flexibility index (Phi) is 1.11. The molecule has 0 radical (unpaired) electrons. The van der Waals surface area contributed by atoms with Gasteiger partial charge in [0.15, 0.2) is 0 Å². The van der Waals surface area contributed by atoms with Crippen molar-refractivity contribution in [2.24, 2.45) is 0 Å². The van der Waals surface area contributed by atoms with Gasteiger partial charge in [0, 0.05) is 16.5 Å². The number of fused-ring (bicyclic) bond motifs is 1. The second-order valence-corrected chi connectivity index (χ2v) is 2.72. The van der Waals surface area contributed by atoms with Crippen molar-refractivity contribution in [1.29, 1.82) is 0 Å². The van der Waals surface area contributed by atoms with Gasteiger partial charge in [0.25, 0.3) is 0 Å². The molecule has 10 heavy (non-hydrogen) atoms. The zero-order chi connectivity index (χ0) is 6.97. The van der Waals surface area contributed by atoms with E-state index in [1.807, 2.05) is 23.6 Å². The summed E-state index contributed by atoms with van der Waals surface area (Å²) < 4.78 is 4.14. The van der Waals surface area contributed by atoms with E-state index in [1.165, 1.54) is 11.5 Å². The van der Waals surface area contributed by atoms with Gasteiger partial charge in [-0.15, -0.1) is 0 Å². The number of nitrogens with two attached hydrogens (primary N) is 1. The van der Waals surface area contributed by atoms with E-state index in [0.29, 0.717) is 0 Å². The Labute approximate surface area is 62.5 Å². The number of anilines is 1. The average molecular weight is 150 g/mol. The van der Waals surface area contributed by atoms with Crippen LogP contribution in [0.4, 0.5) is 5.69 Å². The van der Waals surface area contributed by atoms with E-state index < -0.39 is 0 Å². The molecule has 0 amide bonds. The fourth-order valence-electron chi connectivity index (χ4n) is 0.914. The lowest BCUT2D eigenvalue weighted by Gasteiger charge is -1.90. The van der Waals surface area contributed by atoms with E-state index in [0.717, 1.165) is 16.6 Å². The van der Waals surface area contributed by atoms with Gasteiger partial charge in [-0.1, -0.05) is 6.07 Å². The molecular weight excluding hydrogens is 144 g/mol. The Balaban J connectivity index is 2.95. The summed E-state index contributed by atoms with van der Waals surface area (Å²) in [6, 6.07) is 5.76. The summed E-state index contributed by atoms with van der Waals surface area (Å²) in [7, 11) is 0. The number of nitrogens with zero attached hydrogens (tertiary/aromatic N) is 1. The summed E-state index contributed by atoms with van der Waals surface area (Å²) in [4.78, 5) is 0. The van der Waals surface area contributed by atoms with Crippen molar-refractivity contribution in [1.82, 2.24) is 4.37 Å². The third-order valence-electron chi connectivity index (χ3n) is 1.44. The number of nitrogen functional groups attached to an aromatic ring is 1. The first-order valence-electron chi connectivity index (χ1n) is 2.96. The van der Waals surface area contributed by atoms with Crippen molar-refractivity contribution < 1.29 is 0 Å². The van der Waals surface area contributed by atoms with Gasteiger partial charge in [-0.3, -0.25) is 0 Å². The zero-order valence-corrected chi connectivity index (χ0v) is 6.06. The summed E-state index contributed by atoms with van der Waals surface area (Å²) in [5.41, 5.74) is 7.47. The second kappa shape index (κ2) is 1.95. The molecule has 0 aliphatic heterocycles. The molecule has 2 aromatic rings. The number of benzene rings is 1. The summed E-state index contributed by atoms with van der Waals surface area (Å²) in [5, 5.41) is 3.03. The van der Waals surface area contributed by atoms with Crippen molar-refractivity contribution in [2.45, 2.75) is 0 Å². The molecular formula is C7H6N2S. The molecule has 0 aliphatic carbocycles. The lowest BCUT2D eigenvalue weighted by atomic mass is 10.2. The van der Waals surface area contributed by atoms with Crippen molar-refractivity contribution >= 4 is 28.1 Å². The SMILES string of the molecule is Nc1cccc2nscc12. The lowest BCUT2D eigenvalue weighted by Crippen LogP contribution is -1.82. The minimum Gasteiger partial charge on any atom is -0.398 e. The summed E-state index contributed by atoms with van der Waals surface area (Å²) in [6.45, 7) is 0. The number of aromatic nitrogens is 1. The predicted molar refractivity (Wildman–Crippen MR) is 44.0 cm³/mol. The van der Waals surface area contributed by atoms with E-state index in [2.05, 4.69) is 4.37 Å². The monoisotopic (exact) mass is 150 g/mol. The van der Waals surface area contributed by atoms with Crippen LogP contribution in [-0.4, -0.2) is 4.37 Å². The predicted octanol–water partition coefficient (Wildman–Crippen LogP) is 1.88. The van der Waals surface area contributed by atoms with Gasteiger partial charge in [-0.05, 0) is 23.7 Å². The van der Waals surface area contributed by atoms with Crippen LogP contribution in [0.25, 0.3) is 10.9 Å². The topological polar surface area (TPSA) is 38.9 Å². The smallest absolute Gasteiger partial charge is 0.0861 e. The average Bonchev–Trinajstić information content (AvgIpc) is 2.36. The van der Waals surface area contributed by atoms with E-state index in [9.17, 15) is 0 Å². The Hall–Kier alpha value is -1.09. The highest BCUT2D eigenvalue weighted by molar-refractivity contribution is 7.04. The van der Waals surface area contributed by atoms with Crippen molar-refractivity contribution in [3.05, 3.63) is 23.6 Å². The maximum absolute atomic E-state index is 5.67. The number of hydrogen-bond acceptors (Lipinski definition) is 3. The maximum atomic E-state index is 5.67. The van der Waals surface area contributed by atoms with E-state index in [-0.39, 0.29) is 0 Å². The highest BCUT2D eigenvalue weighted by Crippen LogP contribution is 2.20. The highest BCUT2D eigenvalue weighted by Gasteiger charge is 1.96. The first-order valence-corrected chi connectivity index (χ1v) is 3.80. The van der Waals surface area contributed by atoms with Crippen LogP contribution in [0.5, 0.6) is 0 Å². The molecule has 1 aromatic carbocycles. The molecule has 0 unspecified atom stereocenters. The minimum absolute atomic E-state index is 0.811. The Morgan fingerprint density at radius 3 is 3.10 bits per heavy atom. The van der Waals surface area contributed by atoms with Gasteiger partial charge in [-0.2, -0.15) is 4.37 Å². The molecule has 0 fully saturated rings. The van der Waals surface area contributed by atoms with Crippen molar-refractivity contribution in [2.75, 3.05) is 5.73 Å². The van der Waals surface area contributed by atoms with Crippen LogP contribution in [0.2, 0.25) is 0 Å². The van der Waals surface area contributed by atoms with Crippen LogP contribution < -0.4 is 5.73 Å². The first kappa shape index (κ1) is 5.68. The van der Waals surface area contributed by atoms with E-state index in [1.54, 1.807) is 0 Å². The molecule has 0 bridgehead atoms. The summed E-state index contributed by atoms with van der Waals surface area (Å²) >= 11 is 1.44. The molecule has 0 atom stereocenters. The molecule has 1 heterocycles. The molecule has 2 N–H and O–H groups in total. The van der Waals surface area contributed by atoms with Gasteiger partial charge in [0.05, 0.1) is 5.52 Å². The normalized spacial score (nSPS) is 10.4. The van der Waals surface area contributed by atoms with Gasteiger partial charge in [0.2, 0.25) is 0 Å². The van der Waals surface area contributed by atoms with Crippen LogP contribution in [-0.2, 0) is 0 Å². The Morgan fingerprint density at radius 2 is 2.30 bits per heavy atom. The fourth-order valence-corrected chi connectivity index (χ4v) is 1.60. The van der Waals surface area contributed by atoms with Gasteiger partial charge in [0.1, 0.15) is 0 Å². The molecule has 1 aromatic heterocycles. The molecule has 0 saturated carbocycles. The van der Waals surface area contributed by atoms with Gasteiger partial charge in [-0.25, -0.2) is 0 Å². The largest absolute Gasteiger partial charge is 0.398 e. The number of rotatable bonds is 0. The summed E-state index contributed by atoms with van der Waals surface area (Å²) in [5.74, 6) is 0. The Bertz CT molecular complexity index is 353. The van der Waals surface area contributed by atoms with E-state index >= 15 is 0 Å². The number of hydrogen-bond donors (Lipinski definition) is 1. The van der Waals surface area contributed by atoms with Gasteiger partial charge >= 0.3 is 0 Å². The van der Waals surface area contributed by atoms with Crippen LogP contribution in [0.1, 0.15) is 0 Å². The van der Waals surface area contributed by atoms with Crippen LogP contribution in [0, 0.1) is 0 Å². The molecule has 2 rings (SSSR count). The quantitative estimate of drug-likeness (QED) is 0.582. The molecule has 50 valence electrons. The van der Waals surface area contributed by atoms with Crippen LogP contribution in [0.3, 0.4) is 0 Å². The molecule has 2 nitrogen and oxygen atoms in total. The Morgan fingerprint density at radius 1 is 1.40 bits per heavy atom. The molecule has 0 spiro atoms. The standard InChI is InChI=1S/C7H6N2S/c8-6-2-1-3-7-5(6)4-10-9-7/h1-4H,8H2. The first-order chi connectivity index (χ1) is 4.88. The zero-order valence-electron chi connectivity index (χ0n) is 5.24. The molecule has 0 saturated heterocycles. The van der Waals surface area contributed by atoms with Gasteiger partial charge < -0.3 is 5.73 Å². The van der Waals surface area contributed by atoms with Crippen molar-refractivity contribution in [3.63, 3.8) is 0 Å². The highest BCUT2D eigenvalue weighted by atomic mass is 32.1. The lowest BCUT2D eigenvalue weighted by molar-refractivity contribution is 1.66. The fraction of sp³-hybridized carbons (Fsp3) is 0. The molecule has 3 heteroatoms. The maximum Gasteiger partial charge on any atom is 0.0861 e. The third kappa shape index (κ3) is 0.675. The summed E-state index contributed by atoms with van der Waals surface area (Å²) in [6.07, 6.45) is 0. The minimum atomic E-state index is 0.811. The van der Waals surface area contributed by atoms with Crippen LogP contribution in [0.15, 0.2) is 23.6 Å². The third-order valence-corrected chi connectivity index (χ3v) is 2.08.